The molecule has 6 heteroatoms. The molecular weight excluding hydrogens is 442 g/mol. The third-order valence-electron chi connectivity index (χ3n) is 5.72. The van der Waals surface area contributed by atoms with Gasteiger partial charge in [-0.3, -0.25) is 9.59 Å². The van der Waals surface area contributed by atoms with Gasteiger partial charge in [0, 0.05) is 47.5 Å². The molecule has 30 heavy (non-hydrogen) atoms. The zero-order valence-electron chi connectivity index (χ0n) is 18.0. The Morgan fingerprint density at radius 3 is 2.47 bits per heavy atom. The normalized spacial score (nSPS) is 12.9. The van der Waals surface area contributed by atoms with Gasteiger partial charge in [0.2, 0.25) is 5.91 Å². The number of carbonyl (C=O) groups is 2. The van der Waals surface area contributed by atoms with Gasteiger partial charge in [-0.1, -0.05) is 42.8 Å². The van der Waals surface area contributed by atoms with Crippen LogP contribution in [0.3, 0.4) is 0 Å². The van der Waals surface area contributed by atoms with E-state index in [0.29, 0.717) is 25.1 Å². The molecule has 0 N–H and O–H groups in total. The third-order valence-corrected chi connectivity index (χ3v) is 6.22. The zero-order chi connectivity index (χ0) is 21.7. The Kier molecular flexibility index (Phi) is 7.67. The molecule has 0 bridgehead atoms. The van der Waals surface area contributed by atoms with E-state index >= 15 is 0 Å². The van der Waals surface area contributed by atoms with E-state index in [-0.39, 0.29) is 11.8 Å². The summed E-state index contributed by atoms with van der Waals surface area (Å²) >= 11 is 3.52. The summed E-state index contributed by atoms with van der Waals surface area (Å²) in [6.45, 7) is 10.2. The molecule has 0 fully saturated rings. The van der Waals surface area contributed by atoms with Gasteiger partial charge in [0.1, 0.15) is 0 Å². The summed E-state index contributed by atoms with van der Waals surface area (Å²) < 4.78 is 0.948. The first-order valence-electron chi connectivity index (χ1n) is 10.7. The highest BCUT2D eigenvalue weighted by molar-refractivity contribution is 9.10. The summed E-state index contributed by atoms with van der Waals surface area (Å²) in [5.41, 5.74) is 3.56. The van der Waals surface area contributed by atoms with Gasteiger partial charge in [-0.25, -0.2) is 0 Å². The lowest BCUT2D eigenvalue weighted by molar-refractivity contribution is -0.118. The number of anilines is 2. The van der Waals surface area contributed by atoms with Crippen LogP contribution in [-0.4, -0.2) is 49.4 Å². The van der Waals surface area contributed by atoms with Crippen LogP contribution < -0.4 is 9.80 Å². The number of rotatable bonds is 8. The lowest BCUT2D eigenvalue weighted by Gasteiger charge is -2.27. The lowest BCUT2D eigenvalue weighted by atomic mass is 10.1. The van der Waals surface area contributed by atoms with Crippen LogP contribution in [0.2, 0.25) is 0 Å². The number of carbonyl (C=O) groups excluding carboxylic acids is 2. The average molecular weight is 472 g/mol. The summed E-state index contributed by atoms with van der Waals surface area (Å²) in [6.07, 6.45) is 1.28. The van der Waals surface area contributed by atoms with E-state index in [2.05, 4.69) is 34.7 Å². The fourth-order valence-electron chi connectivity index (χ4n) is 3.91. The molecule has 0 saturated carbocycles. The van der Waals surface area contributed by atoms with E-state index in [1.165, 1.54) is 0 Å². The van der Waals surface area contributed by atoms with Crippen molar-refractivity contribution in [3.05, 3.63) is 58.1 Å². The van der Waals surface area contributed by atoms with Gasteiger partial charge in [0.25, 0.3) is 5.91 Å². The molecule has 0 radical (unpaired) electrons. The number of benzene rings is 2. The Hall–Kier alpha value is -2.18. The number of likely N-dealkylation sites (N-methyl/N-ethyl adjacent to an activating group) is 1. The van der Waals surface area contributed by atoms with Crippen LogP contribution in [-0.2, 0) is 11.2 Å². The van der Waals surface area contributed by atoms with E-state index in [4.69, 9.17) is 0 Å². The molecule has 2 aromatic carbocycles. The topological polar surface area (TPSA) is 43.9 Å². The second kappa shape index (κ2) is 10.2. The van der Waals surface area contributed by atoms with Gasteiger partial charge < -0.3 is 14.7 Å². The lowest BCUT2D eigenvalue weighted by Crippen LogP contribution is -2.39. The molecule has 1 aliphatic heterocycles. The van der Waals surface area contributed by atoms with Crippen molar-refractivity contribution in [3.8, 4) is 0 Å². The first-order chi connectivity index (χ1) is 14.5. The van der Waals surface area contributed by atoms with Crippen molar-refractivity contribution in [2.24, 2.45) is 0 Å². The quantitative estimate of drug-likeness (QED) is 0.558. The Morgan fingerprint density at radius 2 is 1.80 bits per heavy atom. The van der Waals surface area contributed by atoms with Crippen LogP contribution in [0.4, 0.5) is 11.4 Å². The molecule has 0 saturated heterocycles. The highest BCUT2D eigenvalue weighted by Gasteiger charge is 2.26. The highest BCUT2D eigenvalue weighted by Crippen LogP contribution is 2.30. The van der Waals surface area contributed by atoms with Crippen LogP contribution in [0.15, 0.2) is 46.9 Å². The predicted octanol–water partition coefficient (Wildman–Crippen LogP) is 4.74. The van der Waals surface area contributed by atoms with E-state index in [0.717, 1.165) is 47.5 Å². The first kappa shape index (κ1) is 22.5. The van der Waals surface area contributed by atoms with Crippen LogP contribution in [0.1, 0.15) is 43.1 Å². The van der Waals surface area contributed by atoms with Crippen molar-refractivity contribution in [2.75, 3.05) is 42.5 Å². The number of nitrogens with zero attached hydrogens (tertiary/aromatic N) is 3. The minimum absolute atomic E-state index is 0.0108. The van der Waals surface area contributed by atoms with Crippen molar-refractivity contribution in [1.29, 1.82) is 0 Å². The molecule has 0 aromatic heterocycles. The molecule has 0 unspecified atom stereocenters. The van der Waals surface area contributed by atoms with Gasteiger partial charge >= 0.3 is 0 Å². The Balaban J connectivity index is 1.88. The summed E-state index contributed by atoms with van der Waals surface area (Å²) in [7, 11) is 0. The fraction of sp³-hybridized carbons (Fsp3) is 0.417. The predicted molar refractivity (Wildman–Crippen MR) is 126 cm³/mol. The van der Waals surface area contributed by atoms with Gasteiger partial charge in [-0.05, 0) is 61.5 Å². The molecule has 2 aromatic rings. The third kappa shape index (κ3) is 4.93. The van der Waals surface area contributed by atoms with Crippen LogP contribution >= 0.6 is 15.9 Å². The van der Waals surface area contributed by atoms with Gasteiger partial charge in [0.05, 0.1) is 0 Å². The second-order valence-corrected chi connectivity index (χ2v) is 8.37. The zero-order valence-corrected chi connectivity index (χ0v) is 19.6. The molecule has 160 valence electrons. The minimum Gasteiger partial charge on any atom is -0.312 e. The highest BCUT2D eigenvalue weighted by atomic mass is 79.9. The Labute approximate surface area is 187 Å². The summed E-state index contributed by atoms with van der Waals surface area (Å²) in [4.78, 5) is 31.7. The van der Waals surface area contributed by atoms with Gasteiger partial charge in [0.15, 0.2) is 0 Å². The molecule has 2 amide bonds. The van der Waals surface area contributed by atoms with E-state index < -0.39 is 0 Å². The summed E-state index contributed by atoms with van der Waals surface area (Å²) in [5.74, 6) is 0.117. The standard InChI is InChI=1S/C24H30BrN3O2/c1-4-23(29)28-13-12-18-16-19(10-11-22(18)28)24(30)27(15-14-26(5-2)6-3)21-9-7-8-20(25)17-21/h7-11,16-17H,4-6,12-15H2,1-3H3. The van der Waals surface area contributed by atoms with Crippen molar-refractivity contribution in [1.82, 2.24) is 4.90 Å². The number of amides is 2. The van der Waals surface area contributed by atoms with Gasteiger partial charge in [-0.2, -0.15) is 0 Å². The SMILES string of the molecule is CCC(=O)N1CCc2cc(C(=O)N(CCN(CC)CC)c3cccc(Br)c3)ccc21. The van der Waals surface area contributed by atoms with Crippen LogP contribution in [0.5, 0.6) is 0 Å². The van der Waals surface area contributed by atoms with Crippen LogP contribution in [0.25, 0.3) is 0 Å². The fourth-order valence-corrected chi connectivity index (χ4v) is 4.30. The number of halogens is 1. The molecule has 0 atom stereocenters. The number of fused-ring (bicyclic) bond motifs is 1. The monoisotopic (exact) mass is 471 g/mol. The van der Waals surface area contributed by atoms with Crippen molar-refractivity contribution in [2.45, 2.75) is 33.6 Å². The number of hydrogen-bond donors (Lipinski definition) is 0. The van der Waals surface area contributed by atoms with Crippen LogP contribution in [0, 0.1) is 0 Å². The van der Waals surface area contributed by atoms with E-state index in [1.807, 2.05) is 59.2 Å². The molecule has 0 aliphatic carbocycles. The molecular formula is C24H30BrN3O2. The minimum atomic E-state index is -0.0108. The smallest absolute Gasteiger partial charge is 0.258 e. The van der Waals surface area contributed by atoms with Crippen molar-refractivity contribution < 1.29 is 9.59 Å². The molecule has 1 aliphatic rings. The van der Waals surface area contributed by atoms with Gasteiger partial charge in [-0.15, -0.1) is 0 Å². The molecule has 1 heterocycles. The summed E-state index contributed by atoms with van der Waals surface area (Å²) in [5, 5.41) is 0. The largest absolute Gasteiger partial charge is 0.312 e. The van der Waals surface area contributed by atoms with E-state index in [1.54, 1.807) is 0 Å². The van der Waals surface area contributed by atoms with E-state index in [9.17, 15) is 9.59 Å². The maximum Gasteiger partial charge on any atom is 0.258 e. The molecule has 3 rings (SSSR count). The first-order valence-corrected chi connectivity index (χ1v) is 11.5. The molecule has 5 nitrogen and oxygen atoms in total. The second-order valence-electron chi connectivity index (χ2n) is 7.46. The Morgan fingerprint density at radius 1 is 1.03 bits per heavy atom. The maximum absolute atomic E-state index is 13.5. The summed E-state index contributed by atoms with van der Waals surface area (Å²) in [6, 6.07) is 13.6. The average Bonchev–Trinajstić information content (AvgIpc) is 3.19. The van der Waals surface area contributed by atoms with Crippen molar-refractivity contribution >= 4 is 39.1 Å². The van der Waals surface area contributed by atoms with Crippen molar-refractivity contribution in [3.63, 3.8) is 0 Å². The molecule has 0 spiro atoms. The number of hydrogen-bond acceptors (Lipinski definition) is 3. The maximum atomic E-state index is 13.5. The Bertz CT molecular complexity index is 911.